The maximum atomic E-state index is 13.0. The summed E-state index contributed by atoms with van der Waals surface area (Å²) in [5.74, 6) is -1.22. The molecule has 0 aromatic carbocycles. The summed E-state index contributed by atoms with van der Waals surface area (Å²) in [6.45, 7) is 3.75. The third-order valence-corrected chi connectivity index (χ3v) is 6.32. The molecule has 0 saturated carbocycles. The number of likely N-dealkylation sites (N-methyl/N-ethyl adjacent to an activating group) is 2. The highest BCUT2D eigenvalue weighted by Gasteiger charge is 2.20. The lowest BCUT2D eigenvalue weighted by Gasteiger charge is -2.32. The third kappa shape index (κ3) is 7.18. The van der Waals surface area contributed by atoms with Crippen LogP contribution in [-0.4, -0.2) is 117 Å². The molecule has 2 aromatic heterocycles. The summed E-state index contributed by atoms with van der Waals surface area (Å²) in [5, 5.41) is 19.3. The van der Waals surface area contributed by atoms with Gasteiger partial charge in [0.05, 0.1) is 0 Å². The fraction of sp³-hybridized carbons (Fsp3) is 0.500. The maximum absolute atomic E-state index is 13.0. The average molecular weight is 503 g/mol. The first-order valence-corrected chi connectivity index (χ1v) is 11.8. The van der Waals surface area contributed by atoms with Gasteiger partial charge in [-0.1, -0.05) is 0 Å². The number of aromatic nitrogens is 2. The first kappa shape index (κ1) is 27.0. The fourth-order valence-electron chi connectivity index (χ4n) is 3.90. The normalized spacial score (nSPS) is 16.8. The van der Waals surface area contributed by atoms with Crippen molar-refractivity contribution in [3.05, 3.63) is 57.4 Å². The van der Waals surface area contributed by atoms with Crippen molar-refractivity contribution in [2.45, 2.75) is 13.1 Å². The van der Waals surface area contributed by atoms with E-state index < -0.39 is 22.6 Å². The van der Waals surface area contributed by atoms with E-state index in [0.717, 1.165) is 0 Å². The summed E-state index contributed by atoms with van der Waals surface area (Å²) in [6, 6.07) is 5.62. The molecule has 2 aromatic rings. The molecule has 2 N–H and O–H groups in total. The SMILES string of the molecule is CN1CCN(C(=O)Cn2cccc(O)c2=O)CCN(C)CCN(C(=O)Cn2cccc(O)c2=O)CC1. The lowest BCUT2D eigenvalue weighted by atomic mass is 10.3. The van der Waals surface area contributed by atoms with Crippen LogP contribution in [0.3, 0.4) is 0 Å². The van der Waals surface area contributed by atoms with Crippen molar-refractivity contribution in [2.24, 2.45) is 0 Å². The zero-order valence-corrected chi connectivity index (χ0v) is 20.7. The Balaban J connectivity index is 1.64. The highest BCUT2D eigenvalue weighted by atomic mass is 16.3. The molecule has 0 atom stereocenters. The van der Waals surface area contributed by atoms with Crippen molar-refractivity contribution in [3.63, 3.8) is 0 Å². The van der Waals surface area contributed by atoms with Crippen LogP contribution < -0.4 is 11.1 Å². The lowest BCUT2D eigenvalue weighted by molar-refractivity contribution is -0.132. The van der Waals surface area contributed by atoms with Crippen molar-refractivity contribution in [2.75, 3.05) is 66.5 Å². The standard InChI is InChI=1S/C24H34N6O6/c1-25-9-13-27(21(33)17-29-7-3-5-19(31)23(29)35)15-11-26(2)12-16-28(14-10-25)22(34)18-30-8-4-6-20(32)24(30)36/h3-8,31-32H,9-18H2,1-2H3. The molecule has 0 unspecified atom stereocenters. The molecule has 0 bridgehead atoms. The summed E-state index contributed by atoms with van der Waals surface area (Å²) in [7, 11) is 3.81. The van der Waals surface area contributed by atoms with Crippen LogP contribution in [0.5, 0.6) is 11.5 Å². The highest BCUT2D eigenvalue weighted by molar-refractivity contribution is 5.76. The Labute approximate surface area is 209 Å². The second-order valence-electron chi connectivity index (χ2n) is 9.02. The maximum Gasteiger partial charge on any atom is 0.293 e. The van der Waals surface area contributed by atoms with Crippen LogP contribution in [0.15, 0.2) is 46.2 Å². The Morgan fingerprint density at radius 3 is 1.33 bits per heavy atom. The average Bonchev–Trinajstić information content (AvgIpc) is 2.83. The molecule has 1 aliphatic rings. The molecule has 12 nitrogen and oxygen atoms in total. The number of carbonyl (C=O) groups is 2. The minimum absolute atomic E-state index is 0.155. The molecule has 0 aliphatic carbocycles. The smallest absolute Gasteiger partial charge is 0.293 e. The van der Waals surface area contributed by atoms with Crippen molar-refractivity contribution in [1.82, 2.24) is 28.7 Å². The van der Waals surface area contributed by atoms with Crippen LogP contribution in [0.4, 0.5) is 0 Å². The van der Waals surface area contributed by atoms with Gasteiger partial charge < -0.3 is 38.9 Å². The lowest BCUT2D eigenvalue weighted by Crippen LogP contribution is -2.48. The number of rotatable bonds is 4. The first-order valence-electron chi connectivity index (χ1n) is 11.8. The van der Waals surface area contributed by atoms with Gasteiger partial charge in [-0.15, -0.1) is 0 Å². The largest absolute Gasteiger partial charge is 0.503 e. The quantitative estimate of drug-likeness (QED) is 0.525. The van der Waals surface area contributed by atoms with Gasteiger partial charge in [0.2, 0.25) is 11.8 Å². The molecule has 36 heavy (non-hydrogen) atoms. The van der Waals surface area contributed by atoms with Gasteiger partial charge in [-0.05, 0) is 38.4 Å². The molecule has 12 heteroatoms. The second kappa shape index (κ2) is 12.4. The number of pyridine rings is 2. The fourth-order valence-corrected chi connectivity index (χ4v) is 3.90. The van der Waals surface area contributed by atoms with Gasteiger partial charge in [0.25, 0.3) is 11.1 Å². The van der Waals surface area contributed by atoms with E-state index in [0.29, 0.717) is 52.4 Å². The number of hydrogen-bond donors (Lipinski definition) is 2. The van der Waals surface area contributed by atoms with Crippen LogP contribution >= 0.6 is 0 Å². The number of hydrogen-bond acceptors (Lipinski definition) is 8. The first-order chi connectivity index (χ1) is 17.2. The van der Waals surface area contributed by atoms with Gasteiger partial charge >= 0.3 is 0 Å². The van der Waals surface area contributed by atoms with Crippen LogP contribution in [0.1, 0.15) is 0 Å². The van der Waals surface area contributed by atoms with E-state index in [-0.39, 0.29) is 24.9 Å². The molecule has 2 amide bonds. The van der Waals surface area contributed by atoms with Crippen molar-refractivity contribution < 1.29 is 19.8 Å². The molecule has 3 heterocycles. The summed E-state index contributed by atoms with van der Waals surface area (Å²) in [4.78, 5) is 57.6. The Hall–Kier alpha value is -3.64. The number of carbonyl (C=O) groups excluding carboxylic acids is 2. The van der Waals surface area contributed by atoms with E-state index >= 15 is 0 Å². The van der Waals surface area contributed by atoms with E-state index in [1.165, 1.54) is 45.8 Å². The van der Waals surface area contributed by atoms with Crippen LogP contribution in [0, 0.1) is 0 Å². The topological polar surface area (TPSA) is 132 Å². The Kier molecular flexibility index (Phi) is 9.25. The van der Waals surface area contributed by atoms with Crippen molar-refractivity contribution in [1.29, 1.82) is 0 Å². The predicted octanol–water partition coefficient (Wildman–Crippen LogP) is -1.34. The Bertz CT molecular complexity index is 1070. The van der Waals surface area contributed by atoms with Gasteiger partial charge in [-0.25, -0.2) is 0 Å². The van der Waals surface area contributed by atoms with E-state index in [2.05, 4.69) is 0 Å². The van der Waals surface area contributed by atoms with E-state index in [4.69, 9.17) is 0 Å². The van der Waals surface area contributed by atoms with Gasteiger partial charge in [-0.2, -0.15) is 0 Å². The zero-order chi connectivity index (χ0) is 26.2. The van der Waals surface area contributed by atoms with E-state index in [1.807, 2.05) is 23.9 Å². The number of nitrogens with zero attached hydrogens (tertiary/aromatic N) is 6. The molecule has 1 fully saturated rings. The van der Waals surface area contributed by atoms with Crippen molar-refractivity contribution in [3.8, 4) is 11.5 Å². The predicted molar refractivity (Wildman–Crippen MR) is 133 cm³/mol. The number of amides is 2. The van der Waals surface area contributed by atoms with Gasteiger partial charge in [0, 0.05) is 64.8 Å². The summed E-state index contributed by atoms with van der Waals surface area (Å²) < 4.78 is 2.39. The Morgan fingerprint density at radius 1 is 0.667 bits per heavy atom. The van der Waals surface area contributed by atoms with Crippen LogP contribution in [0.2, 0.25) is 0 Å². The van der Waals surface area contributed by atoms with Crippen LogP contribution in [-0.2, 0) is 22.7 Å². The second-order valence-corrected chi connectivity index (χ2v) is 9.02. The molecule has 1 aliphatic heterocycles. The monoisotopic (exact) mass is 502 g/mol. The third-order valence-electron chi connectivity index (χ3n) is 6.32. The minimum Gasteiger partial charge on any atom is -0.503 e. The molecular formula is C24H34N6O6. The highest BCUT2D eigenvalue weighted by Crippen LogP contribution is 2.04. The molecular weight excluding hydrogens is 468 g/mol. The summed E-state index contributed by atoms with van der Waals surface area (Å²) in [6.07, 6.45) is 2.95. The van der Waals surface area contributed by atoms with Gasteiger partial charge in [0.15, 0.2) is 11.5 Å². The van der Waals surface area contributed by atoms with Crippen LogP contribution in [0.25, 0.3) is 0 Å². The summed E-state index contributed by atoms with van der Waals surface area (Å²) >= 11 is 0. The van der Waals surface area contributed by atoms with Gasteiger partial charge in [0.1, 0.15) is 13.1 Å². The molecule has 196 valence electrons. The summed E-state index contributed by atoms with van der Waals surface area (Å²) in [5.41, 5.74) is -1.21. The van der Waals surface area contributed by atoms with E-state index in [9.17, 15) is 29.4 Å². The minimum atomic E-state index is -0.604. The van der Waals surface area contributed by atoms with E-state index in [1.54, 1.807) is 9.80 Å². The molecule has 3 rings (SSSR count). The molecule has 0 spiro atoms. The zero-order valence-electron chi connectivity index (χ0n) is 20.7. The Morgan fingerprint density at radius 2 is 1.00 bits per heavy atom. The molecule has 0 radical (unpaired) electrons. The van der Waals surface area contributed by atoms with Gasteiger partial charge in [-0.3, -0.25) is 19.2 Å². The van der Waals surface area contributed by atoms with Crippen molar-refractivity contribution >= 4 is 11.8 Å². The molecule has 1 saturated heterocycles. The number of aromatic hydroxyl groups is 2.